The van der Waals surface area contributed by atoms with Gasteiger partial charge in [-0.15, -0.1) is 0 Å². The van der Waals surface area contributed by atoms with Gasteiger partial charge in [-0.05, 0) is 37.2 Å². The van der Waals surface area contributed by atoms with Crippen LogP contribution in [0.5, 0.6) is 0 Å². The number of aryl methyl sites for hydroxylation is 1. The van der Waals surface area contributed by atoms with Gasteiger partial charge in [0.1, 0.15) is 0 Å². The van der Waals surface area contributed by atoms with Crippen LogP contribution >= 0.6 is 0 Å². The summed E-state index contributed by atoms with van der Waals surface area (Å²) in [7, 11) is -0.114. The molecule has 0 amide bonds. The van der Waals surface area contributed by atoms with Crippen molar-refractivity contribution >= 4 is 10.0 Å². The second kappa shape index (κ2) is 6.43. The van der Waals surface area contributed by atoms with E-state index in [1.807, 2.05) is 26.1 Å². The number of nitrogens with zero attached hydrogens (tertiary/aromatic N) is 1. The van der Waals surface area contributed by atoms with Gasteiger partial charge in [-0.1, -0.05) is 12.1 Å². The van der Waals surface area contributed by atoms with Gasteiger partial charge < -0.3 is 9.73 Å². The molecule has 0 unspecified atom stereocenters. The lowest BCUT2D eigenvalue weighted by molar-refractivity contribution is 0.462. The molecule has 0 aliphatic rings. The Hall–Kier alpha value is -1.63. The summed E-state index contributed by atoms with van der Waals surface area (Å²) in [5.41, 5.74) is 2.51. The van der Waals surface area contributed by atoms with Crippen molar-refractivity contribution in [1.29, 1.82) is 0 Å². The zero-order valence-corrected chi connectivity index (χ0v) is 13.3. The van der Waals surface area contributed by atoms with Crippen molar-refractivity contribution < 1.29 is 12.8 Å². The number of hydrogen-bond acceptors (Lipinski definition) is 4. The van der Waals surface area contributed by atoms with E-state index in [4.69, 9.17) is 4.42 Å². The number of sulfonamides is 1. The first-order valence-corrected chi connectivity index (χ1v) is 8.10. The minimum atomic E-state index is -3.52. The van der Waals surface area contributed by atoms with Crippen molar-refractivity contribution in [3.05, 3.63) is 53.5 Å². The first-order valence-electron chi connectivity index (χ1n) is 6.66. The highest BCUT2D eigenvalue weighted by Gasteiger charge is 2.23. The number of nitrogens with one attached hydrogen (secondary N) is 1. The van der Waals surface area contributed by atoms with Crippen molar-refractivity contribution in [1.82, 2.24) is 9.62 Å². The number of benzene rings is 1. The average Bonchev–Trinajstić information content (AvgIpc) is 2.94. The minimum Gasteiger partial charge on any atom is -0.472 e. The monoisotopic (exact) mass is 308 g/mol. The van der Waals surface area contributed by atoms with Gasteiger partial charge in [-0.25, -0.2) is 8.42 Å². The van der Waals surface area contributed by atoms with E-state index in [1.54, 1.807) is 25.4 Å². The highest BCUT2D eigenvalue weighted by molar-refractivity contribution is 7.89. The van der Waals surface area contributed by atoms with Gasteiger partial charge in [-0.3, -0.25) is 0 Å². The average molecular weight is 308 g/mol. The molecule has 0 atom stereocenters. The summed E-state index contributed by atoms with van der Waals surface area (Å²) in [6, 6.07) is 7.26. The fourth-order valence-electron chi connectivity index (χ4n) is 2.13. The van der Waals surface area contributed by atoms with Crippen molar-refractivity contribution in [2.75, 3.05) is 14.1 Å². The van der Waals surface area contributed by atoms with Crippen LogP contribution in [-0.2, 0) is 23.1 Å². The van der Waals surface area contributed by atoms with Crippen LogP contribution in [0.2, 0.25) is 0 Å². The maximum atomic E-state index is 12.7. The van der Waals surface area contributed by atoms with Crippen LogP contribution in [0.15, 0.2) is 46.1 Å². The number of furan rings is 1. The van der Waals surface area contributed by atoms with Crippen LogP contribution in [0.3, 0.4) is 0 Å². The SMILES string of the molecule is CNCc1ccc(C)c(S(=O)(=O)N(C)Cc2ccoc2)c1. The second-order valence-electron chi connectivity index (χ2n) is 5.02. The summed E-state index contributed by atoms with van der Waals surface area (Å²) in [4.78, 5) is 0.348. The first-order chi connectivity index (χ1) is 9.95. The zero-order chi connectivity index (χ0) is 15.5. The standard InChI is InChI=1S/C15H20N2O3S/c1-12-4-5-13(9-16-2)8-15(12)21(18,19)17(3)10-14-6-7-20-11-14/h4-8,11,16H,9-10H2,1-3H3. The fourth-order valence-corrected chi connectivity index (χ4v) is 3.56. The minimum absolute atomic E-state index is 0.286. The lowest BCUT2D eigenvalue weighted by Crippen LogP contribution is -2.27. The van der Waals surface area contributed by atoms with E-state index in [-0.39, 0.29) is 6.54 Å². The lowest BCUT2D eigenvalue weighted by Gasteiger charge is -2.18. The predicted molar refractivity (Wildman–Crippen MR) is 81.3 cm³/mol. The molecule has 0 saturated carbocycles. The maximum Gasteiger partial charge on any atom is 0.243 e. The van der Waals surface area contributed by atoms with Crippen molar-refractivity contribution in [2.45, 2.75) is 24.9 Å². The Balaban J connectivity index is 2.31. The molecule has 114 valence electrons. The molecular weight excluding hydrogens is 288 g/mol. The molecule has 1 aromatic carbocycles. The van der Waals surface area contributed by atoms with Crippen LogP contribution in [-0.4, -0.2) is 26.8 Å². The Morgan fingerprint density at radius 3 is 2.62 bits per heavy atom. The molecular formula is C15H20N2O3S. The molecule has 5 nitrogen and oxygen atoms in total. The van der Waals surface area contributed by atoms with E-state index in [0.29, 0.717) is 11.4 Å². The summed E-state index contributed by atoms with van der Waals surface area (Å²) in [5.74, 6) is 0. The summed E-state index contributed by atoms with van der Waals surface area (Å²) < 4.78 is 31.7. The van der Waals surface area contributed by atoms with E-state index in [2.05, 4.69) is 5.32 Å². The Labute approximate surface area is 125 Å². The quantitative estimate of drug-likeness (QED) is 0.888. The summed E-state index contributed by atoms with van der Waals surface area (Å²) >= 11 is 0. The van der Waals surface area contributed by atoms with Gasteiger partial charge in [0, 0.05) is 25.7 Å². The van der Waals surface area contributed by atoms with E-state index < -0.39 is 10.0 Å². The van der Waals surface area contributed by atoms with E-state index in [1.165, 1.54) is 10.6 Å². The molecule has 0 aliphatic heterocycles. The van der Waals surface area contributed by atoms with Crippen molar-refractivity contribution in [3.63, 3.8) is 0 Å². The van der Waals surface area contributed by atoms with Gasteiger partial charge >= 0.3 is 0 Å². The van der Waals surface area contributed by atoms with Gasteiger partial charge in [0.05, 0.1) is 17.4 Å². The number of rotatable bonds is 6. The molecule has 21 heavy (non-hydrogen) atoms. The van der Waals surface area contributed by atoms with E-state index in [9.17, 15) is 8.42 Å². The molecule has 0 bridgehead atoms. The maximum absolute atomic E-state index is 12.7. The fraction of sp³-hybridized carbons (Fsp3) is 0.333. The van der Waals surface area contributed by atoms with Gasteiger partial charge in [0.2, 0.25) is 10.0 Å². The Morgan fingerprint density at radius 1 is 1.24 bits per heavy atom. The second-order valence-corrected chi connectivity index (χ2v) is 7.04. The Bertz CT molecular complexity index is 694. The molecule has 1 aromatic heterocycles. The van der Waals surface area contributed by atoms with Crippen LogP contribution < -0.4 is 5.32 Å². The third-order valence-electron chi connectivity index (χ3n) is 3.31. The van der Waals surface area contributed by atoms with Crippen LogP contribution in [0, 0.1) is 6.92 Å². The normalized spacial score (nSPS) is 12.0. The van der Waals surface area contributed by atoms with Crippen LogP contribution in [0.25, 0.3) is 0 Å². The lowest BCUT2D eigenvalue weighted by atomic mass is 10.1. The summed E-state index contributed by atoms with van der Waals surface area (Å²) in [6.07, 6.45) is 3.09. The Morgan fingerprint density at radius 2 is 2.00 bits per heavy atom. The predicted octanol–water partition coefficient (Wildman–Crippen LogP) is 2.13. The molecule has 0 fully saturated rings. The van der Waals surface area contributed by atoms with Gasteiger partial charge in [0.15, 0.2) is 0 Å². The highest BCUT2D eigenvalue weighted by atomic mass is 32.2. The molecule has 0 radical (unpaired) electrons. The molecule has 1 heterocycles. The third-order valence-corrected chi connectivity index (χ3v) is 5.25. The van der Waals surface area contributed by atoms with Gasteiger partial charge in [0.25, 0.3) is 0 Å². The molecule has 1 N–H and O–H groups in total. The smallest absolute Gasteiger partial charge is 0.243 e. The first kappa shape index (κ1) is 15.8. The highest BCUT2D eigenvalue weighted by Crippen LogP contribution is 2.22. The third kappa shape index (κ3) is 3.53. The summed E-state index contributed by atoms with van der Waals surface area (Å²) in [6.45, 7) is 2.73. The van der Waals surface area contributed by atoms with Crippen LogP contribution in [0.1, 0.15) is 16.7 Å². The van der Waals surface area contributed by atoms with Crippen molar-refractivity contribution in [2.24, 2.45) is 0 Å². The largest absolute Gasteiger partial charge is 0.472 e. The molecule has 2 rings (SSSR count). The number of hydrogen-bond donors (Lipinski definition) is 1. The molecule has 0 saturated heterocycles. The molecule has 0 aliphatic carbocycles. The van der Waals surface area contributed by atoms with Crippen molar-refractivity contribution in [3.8, 4) is 0 Å². The summed E-state index contributed by atoms with van der Waals surface area (Å²) in [5, 5.41) is 3.03. The molecule has 2 aromatic rings. The molecule has 6 heteroatoms. The topological polar surface area (TPSA) is 62.6 Å². The van der Waals surface area contributed by atoms with E-state index in [0.717, 1.165) is 16.7 Å². The van der Waals surface area contributed by atoms with Gasteiger partial charge in [-0.2, -0.15) is 4.31 Å². The van der Waals surface area contributed by atoms with Crippen LogP contribution in [0.4, 0.5) is 0 Å². The Kier molecular flexibility index (Phi) is 4.82. The zero-order valence-electron chi connectivity index (χ0n) is 12.5. The van der Waals surface area contributed by atoms with E-state index >= 15 is 0 Å². The molecule has 0 spiro atoms.